The zero-order chi connectivity index (χ0) is 21.1. The number of nitrogens with one attached hydrogen (secondary N) is 2. The average Bonchev–Trinajstić information content (AvgIpc) is 3.04. The number of anilines is 2. The molecule has 2 heterocycles. The second kappa shape index (κ2) is 8.69. The smallest absolute Gasteiger partial charge is 0.254 e. The molecule has 0 unspecified atom stereocenters. The molecule has 0 bridgehead atoms. The van der Waals surface area contributed by atoms with Crippen molar-refractivity contribution in [2.24, 2.45) is 0 Å². The quantitative estimate of drug-likeness (QED) is 0.702. The highest BCUT2D eigenvalue weighted by Gasteiger charge is 2.28. The Morgan fingerprint density at radius 1 is 1.31 bits per heavy atom. The van der Waals surface area contributed by atoms with Gasteiger partial charge in [0.2, 0.25) is 11.8 Å². The molecule has 0 spiro atoms. The van der Waals surface area contributed by atoms with Crippen LogP contribution in [0.4, 0.5) is 11.4 Å². The number of thioether (sulfide) groups is 1. The van der Waals surface area contributed by atoms with E-state index < -0.39 is 0 Å². The summed E-state index contributed by atoms with van der Waals surface area (Å²) in [6.45, 7) is 5.39. The molecule has 0 saturated carbocycles. The molecule has 29 heavy (non-hydrogen) atoms. The first-order valence-corrected chi connectivity index (χ1v) is 10.3. The SMILES string of the molecule is COc1ccc(NC(C)=O)cc1NC(=O)C[C@H]1CSc2nc(C(C)C)cc(=O)n21. The van der Waals surface area contributed by atoms with Crippen LogP contribution in [0.3, 0.4) is 0 Å². The normalized spacial score (nSPS) is 15.1. The number of methoxy groups -OCH3 is 1. The highest BCUT2D eigenvalue weighted by molar-refractivity contribution is 7.99. The Morgan fingerprint density at radius 2 is 2.07 bits per heavy atom. The molecule has 1 aromatic carbocycles. The van der Waals surface area contributed by atoms with Crippen molar-refractivity contribution in [2.45, 2.75) is 44.3 Å². The van der Waals surface area contributed by atoms with Crippen LogP contribution in [-0.4, -0.2) is 34.2 Å². The van der Waals surface area contributed by atoms with Crippen LogP contribution in [0.2, 0.25) is 0 Å². The number of hydrogen-bond donors (Lipinski definition) is 2. The maximum absolute atomic E-state index is 12.7. The fourth-order valence-electron chi connectivity index (χ4n) is 3.12. The lowest BCUT2D eigenvalue weighted by atomic mass is 10.1. The van der Waals surface area contributed by atoms with Gasteiger partial charge in [0.05, 0.1) is 24.5 Å². The lowest BCUT2D eigenvalue weighted by Crippen LogP contribution is -2.28. The van der Waals surface area contributed by atoms with Crippen LogP contribution in [0.25, 0.3) is 0 Å². The molecule has 2 N–H and O–H groups in total. The molecule has 0 radical (unpaired) electrons. The lowest BCUT2D eigenvalue weighted by Gasteiger charge is -2.16. The van der Waals surface area contributed by atoms with Crippen LogP contribution in [-0.2, 0) is 9.59 Å². The number of ether oxygens (including phenoxy) is 1. The molecule has 2 amide bonds. The third-order valence-electron chi connectivity index (χ3n) is 4.52. The van der Waals surface area contributed by atoms with Gasteiger partial charge in [-0.3, -0.25) is 19.0 Å². The predicted octanol–water partition coefficient (Wildman–Crippen LogP) is 3.01. The Bertz CT molecular complexity index is 1000. The summed E-state index contributed by atoms with van der Waals surface area (Å²) in [6, 6.07) is 6.28. The topological polar surface area (TPSA) is 102 Å². The average molecular weight is 417 g/mol. The van der Waals surface area contributed by atoms with Crippen molar-refractivity contribution in [2.75, 3.05) is 23.5 Å². The number of aromatic nitrogens is 2. The minimum Gasteiger partial charge on any atom is -0.495 e. The van der Waals surface area contributed by atoms with Crippen LogP contribution in [0.5, 0.6) is 5.75 Å². The van der Waals surface area contributed by atoms with Gasteiger partial charge in [-0.1, -0.05) is 25.6 Å². The molecule has 1 aliphatic rings. The first-order chi connectivity index (χ1) is 13.8. The van der Waals surface area contributed by atoms with E-state index in [1.54, 1.807) is 28.8 Å². The molecule has 2 aromatic rings. The van der Waals surface area contributed by atoms with Crippen molar-refractivity contribution in [3.8, 4) is 5.75 Å². The standard InChI is InChI=1S/C20H24N4O4S/c1-11(2)15-9-19(27)24-14(10-29-20(24)23-15)8-18(26)22-16-7-13(21-12(3)25)5-6-17(16)28-4/h5-7,9,11,14H,8,10H2,1-4H3,(H,21,25)(H,22,26)/t14-/m0/s1. The van der Waals surface area contributed by atoms with Crippen molar-refractivity contribution in [1.82, 2.24) is 9.55 Å². The van der Waals surface area contributed by atoms with Crippen molar-refractivity contribution < 1.29 is 14.3 Å². The minimum absolute atomic E-state index is 0.133. The largest absolute Gasteiger partial charge is 0.495 e. The lowest BCUT2D eigenvalue weighted by molar-refractivity contribution is -0.117. The van der Waals surface area contributed by atoms with Crippen molar-refractivity contribution in [1.29, 1.82) is 0 Å². The Balaban J connectivity index is 1.76. The molecule has 1 atom stereocenters. The van der Waals surface area contributed by atoms with E-state index in [0.717, 1.165) is 5.69 Å². The maximum atomic E-state index is 12.7. The number of nitrogens with zero attached hydrogens (tertiary/aromatic N) is 2. The van der Waals surface area contributed by atoms with E-state index in [1.807, 2.05) is 13.8 Å². The monoisotopic (exact) mass is 416 g/mol. The highest BCUT2D eigenvalue weighted by Crippen LogP contribution is 2.34. The fraction of sp³-hybridized carbons (Fsp3) is 0.400. The van der Waals surface area contributed by atoms with E-state index in [1.165, 1.54) is 25.8 Å². The Morgan fingerprint density at radius 3 is 2.72 bits per heavy atom. The minimum atomic E-state index is -0.263. The van der Waals surface area contributed by atoms with Gasteiger partial charge >= 0.3 is 0 Å². The van der Waals surface area contributed by atoms with Crippen molar-refractivity contribution in [3.05, 3.63) is 40.3 Å². The van der Waals surface area contributed by atoms with E-state index in [9.17, 15) is 14.4 Å². The third kappa shape index (κ3) is 4.79. The van der Waals surface area contributed by atoms with E-state index in [-0.39, 0.29) is 35.8 Å². The van der Waals surface area contributed by atoms with Gasteiger partial charge in [0.25, 0.3) is 5.56 Å². The molecule has 0 fully saturated rings. The summed E-state index contributed by atoms with van der Waals surface area (Å²) < 4.78 is 6.89. The number of benzene rings is 1. The molecule has 1 aromatic heterocycles. The van der Waals surface area contributed by atoms with Crippen molar-refractivity contribution in [3.63, 3.8) is 0 Å². The van der Waals surface area contributed by atoms with Gasteiger partial charge in [-0.2, -0.15) is 0 Å². The third-order valence-corrected chi connectivity index (χ3v) is 5.61. The van der Waals surface area contributed by atoms with Gasteiger partial charge in [-0.25, -0.2) is 4.98 Å². The number of carbonyl (C=O) groups is 2. The first kappa shape index (κ1) is 20.9. The van der Waals surface area contributed by atoms with Gasteiger partial charge in [0, 0.05) is 30.9 Å². The zero-order valence-corrected chi connectivity index (χ0v) is 17.6. The number of rotatable bonds is 6. The summed E-state index contributed by atoms with van der Waals surface area (Å²) in [5.41, 5.74) is 1.64. The molecule has 9 heteroatoms. The summed E-state index contributed by atoms with van der Waals surface area (Å²) in [7, 11) is 1.50. The second-order valence-corrected chi connectivity index (χ2v) is 8.13. The van der Waals surface area contributed by atoms with Crippen LogP contribution in [0.1, 0.15) is 44.8 Å². The summed E-state index contributed by atoms with van der Waals surface area (Å²) >= 11 is 1.49. The number of amides is 2. The number of hydrogen-bond acceptors (Lipinski definition) is 6. The summed E-state index contributed by atoms with van der Waals surface area (Å²) in [6.07, 6.45) is 0.135. The summed E-state index contributed by atoms with van der Waals surface area (Å²) in [5, 5.41) is 6.15. The molecule has 1 aliphatic heterocycles. The molecule has 0 aliphatic carbocycles. The van der Waals surface area contributed by atoms with Crippen LogP contribution < -0.4 is 20.9 Å². The highest BCUT2D eigenvalue weighted by atomic mass is 32.2. The van der Waals surface area contributed by atoms with Crippen LogP contribution in [0, 0.1) is 0 Å². The first-order valence-electron chi connectivity index (χ1n) is 9.30. The molecular weight excluding hydrogens is 392 g/mol. The van der Waals surface area contributed by atoms with Gasteiger partial charge in [-0.15, -0.1) is 0 Å². The molecule has 3 rings (SSSR count). The van der Waals surface area contributed by atoms with E-state index in [2.05, 4.69) is 15.6 Å². The Kier molecular flexibility index (Phi) is 6.26. The summed E-state index contributed by atoms with van der Waals surface area (Å²) in [4.78, 5) is 41.1. The molecule has 154 valence electrons. The number of carbonyl (C=O) groups excluding carboxylic acids is 2. The number of fused-ring (bicyclic) bond motifs is 1. The van der Waals surface area contributed by atoms with Gasteiger partial charge < -0.3 is 15.4 Å². The van der Waals surface area contributed by atoms with Gasteiger partial charge in [0.15, 0.2) is 5.16 Å². The van der Waals surface area contributed by atoms with Gasteiger partial charge in [0.1, 0.15) is 5.75 Å². The second-order valence-electron chi connectivity index (χ2n) is 7.14. The summed E-state index contributed by atoms with van der Waals surface area (Å²) in [5.74, 6) is 0.801. The molecular formula is C20H24N4O4S. The van der Waals surface area contributed by atoms with Crippen molar-refractivity contribution >= 4 is 35.0 Å². The fourth-order valence-corrected chi connectivity index (χ4v) is 4.27. The predicted molar refractivity (Wildman–Crippen MR) is 113 cm³/mol. The molecule has 8 nitrogen and oxygen atoms in total. The van der Waals surface area contributed by atoms with E-state index in [0.29, 0.717) is 28.0 Å². The zero-order valence-electron chi connectivity index (χ0n) is 16.8. The van der Waals surface area contributed by atoms with Crippen LogP contribution >= 0.6 is 11.8 Å². The Hall–Kier alpha value is -2.81. The van der Waals surface area contributed by atoms with Crippen LogP contribution in [0.15, 0.2) is 34.2 Å². The Labute approximate surface area is 173 Å². The maximum Gasteiger partial charge on any atom is 0.254 e. The van der Waals surface area contributed by atoms with E-state index >= 15 is 0 Å². The van der Waals surface area contributed by atoms with Gasteiger partial charge in [-0.05, 0) is 24.1 Å². The van der Waals surface area contributed by atoms with E-state index in [4.69, 9.17) is 4.74 Å². The molecule has 0 saturated heterocycles.